The molecule has 3 atom stereocenters. The van der Waals surface area contributed by atoms with Gasteiger partial charge in [-0.05, 0) is 62.7 Å². The van der Waals surface area contributed by atoms with Gasteiger partial charge in [-0.1, -0.05) is 13.3 Å². The van der Waals surface area contributed by atoms with Crippen LogP contribution in [0.5, 0.6) is 0 Å². The smallest absolute Gasteiger partial charge is 0.225 e. The molecule has 3 aliphatic carbocycles. The third-order valence-corrected chi connectivity index (χ3v) is 6.74. The van der Waals surface area contributed by atoms with E-state index in [1.165, 1.54) is 32.1 Å². The number of hydrogen-bond donors (Lipinski definition) is 1. The maximum Gasteiger partial charge on any atom is 0.225 e. The predicted molar refractivity (Wildman–Crippen MR) is 88.4 cm³/mol. The van der Waals surface area contributed by atoms with E-state index in [1.54, 1.807) is 0 Å². The van der Waals surface area contributed by atoms with Crippen LogP contribution >= 0.6 is 12.4 Å². The Labute approximate surface area is 135 Å². The number of carbonyl (C=O) groups excluding carboxylic acids is 1. The van der Waals surface area contributed by atoms with Gasteiger partial charge in [0.25, 0.3) is 0 Å². The quantitative estimate of drug-likeness (QED) is 0.869. The zero-order chi connectivity index (χ0) is 14.5. The summed E-state index contributed by atoms with van der Waals surface area (Å²) in [5.74, 6) is 1.81. The zero-order valence-corrected chi connectivity index (χ0v) is 14.5. The van der Waals surface area contributed by atoms with Crippen molar-refractivity contribution in [3.05, 3.63) is 0 Å². The largest absolute Gasteiger partial charge is 0.342 e. The summed E-state index contributed by atoms with van der Waals surface area (Å²) in [5.41, 5.74) is 6.72. The van der Waals surface area contributed by atoms with Crippen molar-refractivity contribution in [2.75, 3.05) is 7.05 Å². The minimum Gasteiger partial charge on any atom is -0.342 e. The molecule has 3 nitrogen and oxygen atoms in total. The molecule has 3 fully saturated rings. The average Bonchev–Trinajstić information content (AvgIpc) is 3.15. The topological polar surface area (TPSA) is 46.3 Å². The molecule has 3 aliphatic rings. The lowest BCUT2D eigenvalue weighted by molar-refractivity contribution is -0.140. The molecule has 4 heteroatoms. The zero-order valence-electron chi connectivity index (χ0n) is 13.7. The lowest BCUT2D eigenvalue weighted by Gasteiger charge is -2.45. The summed E-state index contributed by atoms with van der Waals surface area (Å²) in [6.45, 7) is 4.53. The minimum absolute atomic E-state index is 0. The van der Waals surface area contributed by atoms with Gasteiger partial charge in [0.15, 0.2) is 0 Å². The number of halogens is 1. The summed E-state index contributed by atoms with van der Waals surface area (Å²) in [6.07, 6.45) is 8.39. The van der Waals surface area contributed by atoms with Crippen molar-refractivity contribution in [3.63, 3.8) is 0 Å². The van der Waals surface area contributed by atoms with Crippen LogP contribution in [0.25, 0.3) is 0 Å². The molecule has 0 radical (unpaired) electrons. The van der Waals surface area contributed by atoms with Crippen LogP contribution in [0.2, 0.25) is 0 Å². The number of nitrogens with two attached hydrogens (primary N) is 1. The number of amides is 1. The van der Waals surface area contributed by atoms with Crippen LogP contribution < -0.4 is 5.73 Å². The van der Waals surface area contributed by atoms with E-state index in [4.69, 9.17) is 5.73 Å². The predicted octanol–water partition coefficient (Wildman–Crippen LogP) is 3.21. The van der Waals surface area contributed by atoms with Gasteiger partial charge in [0.2, 0.25) is 5.91 Å². The fourth-order valence-electron chi connectivity index (χ4n) is 4.55. The number of fused-ring (bicyclic) bond motifs is 2. The Balaban J connectivity index is 0.00000161. The average molecular weight is 315 g/mol. The molecule has 21 heavy (non-hydrogen) atoms. The van der Waals surface area contributed by atoms with Crippen LogP contribution in [0.15, 0.2) is 0 Å². The fourth-order valence-corrected chi connectivity index (χ4v) is 4.55. The van der Waals surface area contributed by atoms with Gasteiger partial charge in [-0.2, -0.15) is 0 Å². The van der Waals surface area contributed by atoms with Gasteiger partial charge in [-0.3, -0.25) is 4.79 Å². The van der Waals surface area contributed by atoms with Gasteiger partial charge in [0.05, 0.1) is 0 Å². The molecule has 0 aliphatic heterocycles. The standard InChI is InChI=1S/C17H30N2O.ClH/c1-11(17(2)7-8-17)19(3)16(20)14-9-12-5-4-6-13(10-14)15(12)18;/h11-15H,4-10,18H2,1-3H3;1H. The Kier molecular flexibility index (Phi) is 4.94. The van der Waals surface area contributed by atoms with Crippen LogP contribution in [0.4, 0.5) is 0 Å². The third kappa shape index (κ3) is 3.10. The van der Waals surface area contributed by atoms with Gasteiger partial charge in [0, 0.05) is 25.0 Å². The molecule has 0 saturated heterocycles. The highest BCUT2D eigenvalue weighted by molar-refractivity contribution is 5.85. The first kappa shape index (κ1) is 17.1. The maximum absolute atomic E-state index is 12.8. The first-order valence-electron chi connectivity index (χ1n) is 8.44. The van der Waals surface area contributed by atoms with Gasteiger partial charge in [-0.25, -0.2) is 0 Å². The SMILES string of the molecule is CC(N(C)C(=O)C1CC2CCCC(C1)C2N)C1(C)CC1.Cl. The lowest BCUT2D eigenvalue weighted by atomic mass is 9.65. The van der Waals surface area contributed by atoms with Gasteiger partial charge in [-0.15, -0.1) is 12.4 Å². The molecule has 0 spiro atoms. The molecular formula is C17H31ClN2O. The fraction of sp³-hybridized carbons (Fsp3) is 0.941. The summed E-state index contributed by atoms with van der Waals surface area (Å²) in [7, 11) is 2.01. The molecule has 3 saturated carbocycles. The van der Waals surface area contributed by atoms with Crippen molar-refractivity contribution >= 4 is 18.3 Å². The Morgan fingerprint density at radius 2 is 1.76 bits per heavy atom. The first-order chi connectivity index (χ1) is 9.42. The monoisotopic (exact) mass is 314 g/mol. The van der Waals surface area contributed by atoms with E-state index in [1.807, 2.05) is 11.9 Å². The third-order valence-electron chi connectivity index (χ3n) is 6.74. The van der Waals surface area contributed by atoms with E-state index in [9.17, 15) is 4.79 Å². The molecule has 122 valence electrons. The Hall–Kier alpha value is -0.280. The Morgan fingerprint density at radius 3 is 2.24 bits per heavy atom. The number of nitrogens with zero attached hydrogens (tertiary/aromatic N) is 1. The molecule has 2 N–H and O–H groups in total. The molecule has 1 amide bonds. The Bertz CT molecular complexity index is 382. The van der Waals surface area contributed by atoms with Crippen LogP contribution in [-0.4, -0.2) is 29.9 Å². The molecule has 0 heterocycles. The van der Waals surface area contributed by atoms with Crippen molar-refractivity contribution in [2.45, 2.75) is 70.9 Å². The highest BCUT2D eigenvalue weighted by Crippen LogP contribution is 2.50. The summed E-state index contributed by atoms with van der Waals surface area (Å²) in [5, 5.41) is 0. The van der Waals surface area contributed by atoms with Crippen molar-refractivity contribution in [1.29, 1.82) is 0 Å². The normalized spacial score (nSPS) is 38.1. The second-order valence-electron chi connectivity index (χ2n) is 7.98. The van der Waals surface area contributed by atoms with Crippen molar-refractivity contribution < 1.29 is 4.79 Å². The van der Waals surface area contributed by atoms with E-state index >= 15 is 0 Å². The second kappa shape index (κ2) is 6.08. The van der Waals surface area contributed by atoms with Gasteiger partial charge >= 0.3 is 0 Å². The molecule has 3 rings (SSSR count). The van der Waals surface area contributed by atoms with Crippen LogP contribution in [-0.2, 0) is 4.79 Å². The molecule has 0 aromatic heterocycles. The van der Waals surface area contributed by atoms with E-state index in [-0.39, 0.29) is 18.3 Å². The molecule has 3 unspecified atom stereocenters. The van der Waals surface area contributed by atoms with Gasteiger partial charge < -0.3 is 10.6 Å². The lowest BCUT2D eigenvalue weighted by Crippen LogP contribution is -2.51. The van der Waals surface area contributed by atoms with E-state index in [2.05, 4.69) is 13.8 Å². The highest BCUT2D eigenvalue weighted by Gasteiger charge is 2.47. The van der Waals surface area contributed by atoms with E-state index in [0.717, 1.165) is 12.8 Å². The second-order valence-corrected chi connectivity index (χ2v) is 7.98. The van der Waals surface area contributed by atoms with Crippen LogP contribution in [0.1, 0.15) is 58.8 Å². The molecular weight excluding hydrogens is 284 g/mol. The maximum atomic E-state index is 12.8. The van der Waals surface area contributed by atoms with Gasteiger partial charge in [0.1, 0.15) is 0 Å². The summed E-state index contributed by atoms with van der Waals surface area (Å²) in [6, 6.07) is 0.738. The van der Waals surface area contributed by atoms with Crippen molar-refractivity contribution in [1.82, 2.24) is 4.90 Å². The Morgan fingerprint density at radius 1 is 1.24 bits per heavy atom. The summed E-state index contributed by atoms with van der Waals surface area (Å²) in [4.78, 5) is 14.9. The van der Waals surface area contributed by atoms with Crippen molar-refractivity contribution in [3.8, 4) is 0 Å². The summed E-state index contributed by atoms with van der Waals surface area (Å²) >= 11 is 0. The van der Waals surface area contributed by atoms with Crippen molar-refractivity contribution in [2.24, 2.45) is 28.9 Å². The highest BCUT2D eigenvalue weighted by atomic mass is 35.5. The van der Waals surface area contributed by atoms with E-state index < -0.39 is 0 Å². The first-order valence-corrected chi connectivity index (χ1v) is 8.44. The molecule has 0 aromatic carbocycles. The van der Waals surface area contributed by atoms with Crippen LogP contribution in [0.3, 0.4) is 0 Å². The summed E-state index contributed by atoms with van der Waals surface area (Å²) < 4.78 is 0. The van der Waals surface area contributed by atoms with Crippen LogP contribution in [0, 0.1) is 23.2 Å². The molecule has 0 aromatic rings. The number of rotatable bonds is 3. The van der Waals surface area contributed by atoms with E-state index in [0.29, 0.717) is 35.2 Å². The minimum atomic E-state index is 0. The molecule has 2 bridgehead atoms. The number of carbonyl (C=O) groups is 1. The number of hydrogen-bond acceptors (Lipinski definition) is 2.